The van der Waals surface area contributed by atoms with E-state index in [0.717, 1.165) is 18.4 Å². The van der Waals surface area contributed by atoms with Crippen molar-refractivity contribution in [3.05, 3.63) is 0 Å². The molecule has 0 bridgehead atoms. The van der Waals surface area contributed by atoms with Gasteiger partial charge in [0, 0.05) is 13.7 Å². The predicted molar refractivity (Wildman–Crippen MR) is 43.0 cm³/mol. The summed E-state index contributed by atoms with van der Waals surface area (Å²) in [5.74, 6) is 1.83. The van der Waals surface area contributed by atoms with Crippen molar-refractivity contribution in [1.82, 2.24) is 0 Å². The normalized spacial score (nSPS) is 34.2. The highest BCUT2D eigenvalue weighted by atomic mass is 16.5. The molecule has 0 N–H and O–H groups in total. The van der Waals surface area contributed by atoms with E-state index in [4.69, 9.17) is 4.74 Å². The van der Waals surface area contributed by atoms with Gasteiger partial charge >= 0.3 is 0 Å². The topological polar surface area (TPSA) is 9.23 Å². The van der Waals surface area contributed by atoms with Gasteiger partial charge in [0.2, 0.25) is 0 Å². The van der Waals surface area contributed by atoms with Crippen LogP contribution in [0, 0.1) is 11.8 Å². The molecule has 0 aromatic heterocycles. The molecular weight excluding hydrogens is 124 g/mol. The second-order valence-corrected chi connectivity index (χ2v) is 3.58. The highest BCUT2D eigenvalue weighted by Gasteiger charge is 2.17. The molecule has 0 aliphatic heterocycles. The largest absolute Gasteiger partial charge is 0.384 e. The molecule has 1 saturated carbocycles. The maximum atomic E-state index is 5.12. The zero-order valence-corrected chi connectivity index (χ0v) is 7.10. The van der Waals surface area contributed by atoms with Crippen LogP contribution in [0.4, 0.5) is 0 Å². The lowest BCUT2D eigenvalue weighted by Gasteiger charge is -2.25. The summed E-state index contributed by atoms with van der Waals surface area (Å²) < 4.78 is 5.12. The standard InChI is InChI=1S/C9H18O/c1-8-3-5-9(6-4-8)7-10-2/h8-9H,3-7H2,1-2H3/t8-,9+. The van der Waals surface area contributed by atoms with Gasteiger partial charge in [-0.25, -0.2) is 0 Å². The monoisotopic (exact) mass is 142 g/mol. The Morgan fingerprint density at radius 1 is 1.20 bits per heavy atom. The van der Waals surface area contributed by atoms with E-state index in [1.165, 1.54) is 25.7 Å². The molecule has 1 nitrogen and oxygen atoms in total. The smallest absolute Gasteiger partial charge is 0.0490 e. The molecule has 0 spiro atoms. The van der Waals surface area contributed by atoms with Gasteiger partial charge in [0.1, 0.15) is 0 Å². The van der Waals surface area contributed by atoms with Crippen LogP contribution in [0.1, 0.15) is 32.6 Å². The Morgan fingerprint density at radius 2 is 1.80 bits per heavy atom. The van der Waals surface area contributed by atoms with Gasteiger partial charge in [0.15, 0.2) is 0 Å². The Labute approximate surface area is 63.8 Å². The van der Waals surface area contributed by atoms with E-state index in [-0.39, 0.29) is 0 Å². The van der Waals surface area contributed by atoms with Crippen molar-refractivity contribution in [1.29, 1.82) is 0 Å². The first-order valence-corrected chi connectivity index (χ1v) is 4.32. The van der Waals surface area contributed by atoms with Crippen LogP contribution < -0.4 is 0 Å². The summed E-state index contributed by atoms with van der Waals surface area (Å²) in [7, 11) is 1.80. The van der Waals surface area contributed by atoms with Gasteiger partial charge in [-0.05, 0) is 24.7 Å². The third-order valence-electron chi connectivity index (χ3n) is 2.54. The first kappa shape index (κ1) is 8.06. The predicted octanol–water partition coefficient (Wildman–Crippen LogP) is 2.46. The number of rotatable bonds is 2. The maximum absolute atomic E-state index is 5.12. The quantitative estimate of drug-likeness (QED) is 0.575. The minimum absolute atomic E-state index is 0.862. The Morgan fingerprint density at radius 3 is 2.30 bits per heavy atom. The van der Waals surface area contributed by atoms with E-state index in [1.54, 1.807) is 7.11 Å². The van der Waals surface area contributed by atoms with Gasteiger partial charge in [-0.15, -0.1) is 0 Å². The molecule has 0 atom stereocenters. The van der Waals surface area contributed by atoms with Gasteiger partial charge < -0.3 is 4.74 Å². The first-order valence-electron chi connectivity index (χ1n) is 4.32. The summed E-state index contributed by atoms with van der Waals surface area (Å²) >= 11 is 0. The highest BCUT2D eigenvalue weighted by molar-refractivity contribution is 4.69. The summed E-state index contributed by atoms with van der Waals surface area (Å²) in [6.45, 7) is 3.33. The fourth-order valence-electron chi connectivity index (χ4n) is 1.73. The molecular formula is C9H18O. The average Bonchev–Trinajstić information content (AvgIpc) is 1.95. The maximum Gasteiger partial charge on any atom is 0.0490 e. The fourth-order valence-corrected chi connectivity index (χ4v) is 1.73. The lowest BCUT2D eigenvalue weighted by molar-refractivity contribution is 0.121. The molecule has 1 rings (SSSR count). The lowest BCUT2D eigenvalue weighted by Crippen LogP contribution is -2.16. The molecule has 0 saturated heterocycles. The van der Waals surface area contributed by atoms with E-state index in [1.807, 2.05) is 0 Å². The molecule has 1 heteroatoms. The van der Waals surface area contributed by atoms with Crippen LogP contribution in [0.15, 0.2) is 0 Å². The highest BCUT2D eigenvalue weighted by Crippen LogP contribution is 2.27. The summed E-state index contributed by atoms with van der Waals surface area (Å²) in [5, 5.41) is 0. The third kappa shape index (κ3) is 2.30. The van der Waals surface area contributed by atoms with E-state index in [2.05, 4.69) is 6.92 Å². The van der Waals surface area contributed by atoms with Crippen LogP contribution in [-0.2, 0) is 4.74 Å². The van der Waals surface area contributed by atoms with E-state index in [0.29, 0.717) is 0 Å². The van der Waals surface area contributed by atoms with Crippen molar-refractivity contribution in [2.24, 2.45) is 11.8 Å². The Balaban J connectivity index is 2.13. The van der Waals surface area contributed by atoms with Crippen molar-refractivity contribution >= 4 is 0 Å². The Kier molecular flexibility index (Phi) is 3.20. The van der Waals surface area contributed by atoms with Crippen LogP contribution >= 0.6 is 0 Å². The molecule has 0 aromatic rings. The minimum Gasteiger partial charge on any atom is -0.384 e. The molecule has 1 fully saturated rings. The first-order chi connectivity index (χ1) is 4.83. The molecule has 0 heterocycles. The van der Waals surface area contributed by atoms with Gasteiger partial charge in [0.25, 0.3) is 0 Å². The van der Waals surface area contributed by atoms with Crippen LogP contribution in [0.2, 0.25) is 0 Å². The second-order valence-electron chi connectivity index (χ2n) is 3.58. The molecule has 0 amide bonds. The summed E-state index contributed by atoms with van der Waals surface area (Å²) in [6, 6.07) is 0. The zero-order chi connectivity index (χ0) is 7.40. The van der Waals surface area contributed by atoms with Gasteiger partial charge in [0.05, 0.1) is 0 Å². The van der Waals surface area contributed by atoms with Crippen molar-refractivity contribution in [3.8, 4) is 0 Å². The molecule has 0 radical (unpaired) electrons. The van der Waals surface area contributed by atoms with Gasteiger partial charge in [-0.2, -0.15) is 0 Å². The zero-order valence-electron chi connectivity index (χ0n) is 7.10. The summed E-state index contributed by atoms with van der Waals surface area (Å²) in [5.41, 5.74) is 0. The van der Waals surface area contributed by atoms with Crippen LogP contribution in [0.25, 0.3) is 0 Å². The number of hydrogen-bond acceptors (Lipinski definition) is 1. The molecule has 10 heavy (non-hydrogen) atoms. The Hall–Kier alpha value is -0.0400. The minimum atomic E-state index is 0.862. The van der Waals surface area contributed by atoms with Crippen molar-refractivity contribution in [2.75, 3.05) is 13.7 Å². The SMILES string of the molecule is COC[C@H]1CC[C@@H](C)CC1. The molecule has 1 aliphatic carbocycles. The fraction of sp³-hybridized carbons (Fsp3) is 1.00. The molecule has 60 valence electrons. The Bertz CT molecular complexity index is 82.7. The van der Waals surface area contributed by atoms with Crippen LogP contribution in [0.5, 0.6) is 0 Å². The second kappa shape index (κ2) is 3.97. The number of hydrogen-bond donors (Lipinski definition) is 0. The number of ether oxygens (including phenoxy) is 1. The average molecular weight is 142 g/mol. The van der Waals surface area contributed by atoms with Crippen molar-refractivity contribution in [3.63, 3.8) is 0 Å². The van der Waals surface area contributed by atoms with Crippen LogP contribution in [-0.4, -0.2) is 13.7 Å². The lowest BCUT2D eigenvalue weighted by atomic mass is 9.83. The third-order valence-corrected chi connectivity index (χ3v) is 2.54. The van der Waals surface area contributed by atoms with Gasteiger partial charge in [-0.1, -0.05) is 19.8 Å². The van der Waals surface area contributed by atoms with E-state index >= 15 is 0 Å². The van der Waals surface area contributed by atoms with Crippen LogP contribution in [0.3, 0.4) is 0 Å². The molecule has 0 unspecified atom stereocenters. The van der Waals surface area contributed by atoms with E-state index < -0.39 is 0 Å². The van der Waals surface area contributed by atoms with Crippen molar-refractivity contribution in [2.45, 2.75) is 32.6 Å². The number of methoxy groups -OCH3 is 1. The van der Waals surface area contributed by atoms with Gasteiger partial charge in [-0.3, -0.25) is 0 Å². The molecule has 1 aliphatic rings. The van der Waals surface area contributed by atoms with E-state index in [9.17, 15) is 0 Å². The summed E-state index contributed by atoms with van der Waals surface area (Å²) in [6.07, 6.45) is 5.59. The van der Waals surface area contributed by atoms with Crippen molar-refractivity contribution < 1.29 is 4.74 Å². The summed E-state index contributed by atoms with van der Waals surface area (Å²) in [4.78, 5) is 0. The molecule has 0 aromatic carbocycles.